The minimum atomic E-state index is -4.30. The molecular formula is C48H83NO7P+. The summed E-state index contributed by atoms with van der Waals surface area (Å²) in [5.74, 6) is -0.363. The molecule has 0 rings (SSSR count). The van der Waals surface area contributed by atoms with Crippen molar-refractivity contribution < 1.29 is 37.3 Å². The van der Waals surface area contributed by atoms with Crippen molar-refractivity contribution in [3.05, 3.63) is 97.2 Å². The van der Waals surface area contributed by atoms with E-state index in [-0.39, 0.29) is 32.2 Å². The van der Waals surface area contributed by atoms with E-state index in [1.54, 1.807) is 0 Å². The summed E-state index contributed by atoms with van der Waals surface area (Å²) in [6.45, 7) is 5.28. The third-order valence-corrected chi connectivity index (χ3v) is 9.63. The molecule has 0 aromatic heterocycles. The first-order chi connectivity index (χ1) is 27.6. The summed E-state index contributed by atoms with van der Waals surface area (Å²) in [6.07, 6.45) is 54.5. The Morgan fingerprint density at radius 2 is 0.965 bits per heavy atom. The van der Waals surface area contributed by atoms with E-state index in [2.05, 4.69) is 111 Å². The highest BCUT2D eigenvalue weighted by molar-refractivity contribution is 7.47. The lowest BCUT2D eigenvalue weighted by Gasteiger charge is -2.24. The van der Waals surface area contributed by atoms with Gasteiger partial charge in [-0.1, -0.05) is 143 Å². The Balaban J connectivity index is 4.33. The molecule has 0 aromatic rings. The van der Waals surface area contributed by atoms with Gasteiger partial charge in [0.2, 0.25) is 0 Å². The number of unbranched alkanes of at least 4 members (excludes halogenated alkanes) is 9. The van der Waals surface area contributed by atoms with Crippen molar-refractivity contribution in [3.8, 4) is 0 Å². The van der Waals surface area contributed by atoms with Crippen LogP contribution in [0, 0.1) is 0 Å². The topological polar surface area (TPSA) is 91.3 Å². The minimum absolute atomic E-state index is 0.0722. The van der Waals surface area contributed by atoms with Gasteiger partial charge < -0.3 is 18.9 Å². The summed E-state index contributed by atoms with van der Waals surface area (Å²) in [6, 6.07) is 0. The fourth-order valence-electron chi connectivity index (χ4n) is 5.30. The molecule has 0 saturated carbocycles. The predicted molar refractivity (Wildman–Crippen MR) is 242 cm³/mol. The van der Waals surface area contributed by atoms with Gasteiger partial charge in [-0.25, -0.2) is 4.57 Å². The van der Waals surface area contributed by atoms with E-state index < -0.39 is 13.9 Å². The van der Waals surface area contributed by atoms with Crippen LogP contribution in [0.15, 0.2) is 97.2 Å². The summed E-state index contributed by atoms with van der Waals surface area (Å²) in [5, 5.41) is 0. The van der Waals surface area contributed by atoms with Crippen molar-refractivity contribution in [3.63, 3.8) is 0 Å². The number of hydrogen-bond donors (Lipinski definition) is 1. The Bertz CT molecular complexity index is 1230. The maximum Gasteiger partial charge on any atom is 0.472 e. The maximum absolute atomic E-state index is 12.7. The number of likely N-dealkylation sites (N-methyl/N-ethyl adjacent to an activating group) is 1. The van der Waals surface area contributed by atoms with E-state index in [4.69, 9.17) is 18.5 Å². The first kappa shape index (κ1) is 54.4. The lowest BCUT2D eigenvalue weighted by atomic mass is 10.1. The molecule has 0 aromatic carbocycles. The molecule has 9 heteroatoms. The van der Waals surface area contributed by atoms with Gasteiger partial charge in [-0.15, -0.1) is 0 Å². The van der Waals surface area contributed by atoms with E-state index in [1.165, 1.54) is 25.7 Å². The van der Waals surface area contributed by atoms with Crippen LogP contribution in [-0.4, -0.2) is 75.6 Å². The number of rotatable bonds is 39. The third kappa shape index (κ3) is 44.4. The number of carbonyl (C=O) groups is 1. The van der Waals surface area contributed by atoms with E-state index in [0.717, 1.165) is 89.9 Å². The summed E-state index contributed by atoms with van der Waals surface area (Å²) >= 11 is 0. The zero-order valence-electron chi connectivity index (χ0n) is 36.8. The molecule has 0 heterocycles. The first-order valence-corrected chi connectivity index (χ1v) is 23.5. The number of quaternary nitrogens is 1. The number of nitrogens with zero attached hydrogens (tertiary/aromatic N) is 1. The van der Waals surface area contributed by atoms with Crippen LogP contribution in [0.2, 0.25) is 0 Å². The standard InChI is InChI=1S/C48H82NO7P/c1-6-8-10-12-14-16-18-20-22-23-24-25-26-28-30-32-34-36-38-40-43-53-45-47(46-55-57(51,52)54-44-42-49(3,4)5)56-48(50)41-39-37-35-33-31-29-27-21-19-17-15-13-11-9-7-2/h8-11,14-17,20-22,24-25,27,31,33,47H,6-7,12-13,18-19,23,26,28-30,32,34-46H2,1-5H3/p+1/b10-8-,11-9-,16-14-,17-15-,22-20-,25-24-,27-21-,33-31-. The van der Waals surface area contributed by atoms with E-state index in [1.807, 2.05) is 21.1 Å². The second-order valence-electron chi connectivity index (χ2n) is 15.3. The Hall–Kier alpha value is -2.58. The van der Waals surface area contributed by atoms with Gasteiger partial charge >= 0.3 is 13.8 Å². The molecule has 0 aliphatic carbocycles. The molecule has 0 aliphatic heterocycles. The van der Waals surface area contributed by atoms with Gasteiger partial charge in [0.1, 0.15) is 19.3 Å². The Labute approximate surface area is 349 Å². The summed E-state index contributed by atoms with van der Waals surface area (Å²) in [5.41, 5.74) is 0. The van der Waals surface area contributed by atoms with Crippen LogP contribution in [0.1, 0.15) is 142 Å². The Morgan fingerprint density at radius 3 is 1.44 bits per heavy atom. The van der Waals surface area contributed by atoms with Crippen LogP contribution in [0.3, 0.4) is 0 Å². The average Bonchev–Trinajstić information content (AvgIpc) is 3.16. The summed E-state index contributed by atoms with van der Waals surface area (Å²) in [7, 11) is 1.61. The second kappa shape index (κ2) is 40.2. The predicted octanol–water partition coefficient (Wildman–Crippen LogP) is 13.0. The van der Waals surface area contributed by atoms with Crippen molar-refractivity contribution in [2.24, 2.45) is 0 Å². The largest absolute Gasteiger partial charge is 0.472 e. The molecule has 2 unspecified atom stereocenters. The van der Waals surface area contributed by atoms with Crippen molar-refractivity contribution >= 4 is 13.8 Å². The molecule has 0 spiro atoms. The number of allylic oxidation sites excluding steroid dienone is 16. The molecular weight excluding hydrogens is 734 g/mol. The van der Waals surface area contributed by atoms with E-state index in [0.29, 0.717) is 24.1 Å². The SMILES string of the molecule is CC/C=C\C/C=C\C/C=C\C/C=C\CCCCCCCCCOCC(COP(=O)(O)OCC[N+](C)(C)C)OC(=O)CCCC/C=C\C/C=C\C/C=C\C/C=C\CC. The number of hydrogen-bond acceptors (Lipinski definition) is 6. The molecule has 8 nitrogen and oxygen atoms in total. The van der Waals surface area contributed by atoms with Crippen LogP contribution in [0.5, 0.6) is 0 Å². The number of carbonyl (C=O) groups excluding carboxylic acids is 1. The minimum Gasteiger partial charge on any atom is -0.457 e. The maximum atomic E-state index is 12.7. The van der Waals surface area contributed by atoms with Gasteiger partial charge in [0, 0.05) is 13.0 Å². The van der Waals surface area contributed by atoms with Crippen LogP contribution in [-0.2, 0) is 27.9 Å². The average molecular weight is 817 g/mol. The number of esters is 1. The monoisotopic (exact) mass is 817 g/mol. The zero-order chi connectivity index (χ0) is 42.0. The molecule has 0 saturated heterocycles. The smallest absolute Gasteiger partial charge is 0.457 e. The Kier molecular flexibility index (Phi) is 38.4. The molecule has 0 amide bonds. The lowest BCUT2D eigenvalue weighted by molar-refractivity contribution is -0.870. The van der Waals surface area contributed by atoms with Gasteiger partial charge in [-0.05, 0) is 89.9 Å². The highest BCUT2D eigenvalue weighted by Gasteiger charge is 2.26. The molecule has 1 N–H and O–H groups in total. The summed E-state index contributed by atoms with van der Waals surface area (Å²) < 4.78 is 34.9. The van der Waals surface area contributed by atoms with E-state index in [9.17, 15) is 14.3 Å². The number of phosphoric ester groups is 1. The fourth-order valence-corrected chi connectivity index (χ4v) is 6.04. The van der Waals surface area contributed by atoms with Gasteiger partial charge in [-0.3, -0.25) is 13.8 Å². The van der Waals surface area contributed by atoms with Crippen LogP contribution in [0.25, 0.3) is 0 Å². The van der Waals surface area contributed by atoms with Gasteiger partial charge in [0.15, 0.2) is 0 Å². The molecule has 2 atom stereocenters. The van der Waals surface area contributed by atoms with Crippen molar-refractivity contribution in [2.75, 3.05) is 54.1 Å². The molecule has 57 heavy (non-hydrogen) atoms. The normalized spacial score (nSPS) is 14.7. The first-order valence-electron chi connectivity index (χ1n) is 22.0. The molecule has 326 valence electrons. The second-order valence-corrected chi connectivity index (χ2v) is 16.8. The molecule has 0 fully saturated rings. The van der Waals surface area contributed by atoms with Crippen molar-refractivity contribution in [2.45, 2.75) is 148 Å². The van der Waals surface area contributed by atoms with Crippen molar-refractivity contribution in [1.82, 2.24) is 0 Å². The van der Waals surface area contributed by atoms with Crippen LogP contribution < -0.4 is 0 Å². The van der Waals surface area contributed by atoms with Crippen LogP contribution in [0.4, 0.5) is 0 Å². The number of phosphoric acid groups is 1. The van der Waals surface area contributed by atoms with Gasteiger partial charge in [0.05, 0.1) is 34.4 Å². The van der Waals surface area contributed by atoms with Crippen LogP contribution >= 0.6 is 7.82 Å². The molecule has 0 radical (unpaired) electrons. The quantitative estimate of drug-likeness (QED) is 0.0217. The summed E-state index contributed by atoms with van der Waals surface area (Å²) in [4.78, 5) is 22.9. The molecule has 0 aliphatic rings. The van der Waals surface area contributed by atoms with Gasteiger partial charge in [0.25, 0.3) is 0 Å². The highest BCUT2D eigenvalue weighted by Crippen LogP contribution is 2.43. The Morgan fingerprint density at radius 1 is 0.544 bits per heavy atom. The highest BCUT2D eigenvalue weighted by atomic mass is 31.2. The zero-order valence-corrected chi connectivity index (χ0v) is 37.7. The third-order valence-electron chi connectivity index (χ3n) is 8.64. The van der Waals surface area contributed by atoms with Crippen molar-refractivity contribution in [1.29, 1.82) is 0 Å². The van der Waals surface area contributed by atoms with E-state index >= 15 is 0 Å². The number of ether oxygens (including phenoxy) is 2. The fraction of sp³-hybridized carbons (Fsp3) is 0.646. The lowest BCUT2D eigenvalue weighted by Crippen LogP contribution is -2.37. The molecule has 0 bridgehead atoms. The van der Waals surface area contributed by atoms with Gasteiger partial charge in [-0.2, -0.15) is 0 Å².